The number of ether oxygens (including phenoxy) is 2. The maximum Gasteiger partial charge on any atom is 0.255 e. The van der Waals surface area contributed by atoms with Gasteiger partial charge in [0, 0.05) is 18.2 Å². The van der Waals surface area contributed by atoms with E-state index in [4.69, 9.17) is 32.7 Å². The Hall–Kier alpha value is -3.11. The molecule has 0 aromatic heterocycles. The van der Waals surface area contributed by atoms with E-state index in [1.165, 1.54) is 38.6 Å². The van der Waals surface area contributed by atoms with Crippen LogP contribution in [0.5, 0.6) is 11.5 Å². The molecule has 36 heavy (non-hydrogen) atoms. The predicted molar refractivity (Wildman–Crippen MR) is 141 cm³/mol. The summed E-state index contributed by atoms with van der Waals surface area (Å²) < 4.78 is 38.6. The summed E-state index contributed by atoms with van der Waals surface area (Å²) in [5.74, 6) is 0.0105. The lowest BCUT2D eigenvalue weighted by Gasteiger charge is -2.22. The molecule has 3 aromatic carbocycles. The Bertz CT molecular complexity index is 1310. The lowest BCUT2D eigenvalue weighted by molar-refractivity contribution is -0.121. The summed E-state index contributed by atoms with van der Waals surface area (Å²) in [6.07, 6.45) is 1.71. The molecular formula is C25H25Cl2N3O5S. The molecule has 0 aliphatic heterocycles. The molecule has 0 heterocycles. The Morgan fingerprint density at radius 1 is 0.972 bits per heavy atom. The van der Waals surface area contributed by atoms with Crippen LogP contribution in [-0.4, -0.2) is 52.2 Å². The third kappa shape index (κ3) is 6.98. The Labute approximate surface area is 220 Å². The van der Waals surface area contributed by atoms with Gasteiger partial charge in [0.1, 0.15) is 0 Å². The monoisotopic (exact) mass is 549 g/mol. The van der Waals surface area contributed by atoms with Crippen LogP contribution in [0.4, 0.5) is 0 Å². The van der Waals surface area contributed by atoms with Gasteiger partial charge in [0.25, 0.3) is 5.91 Å². The van der Waals surface area contributed by atoms with Crippen LogP contribution in [0.25, 0.3) is 0 Å². The number of amides is 1. The number of carbonyl (C=O) groups is 1. The van der Waals surface area contributed by atoms with Gasteiger partial charge in [-0.3, -0.25) is 4.79 Å². The Balaban J connectivity index is 1.82. The summed E-state index contributed by atoms with van der Waals surface area (Å²) in [7, 11) is -1.20. The van der Waals surface area contributed by atoms with Gasteiger partial charge >= 0.3 is 0 Å². The fraction of sp³-hybridized carbons (Fsp3) is 0.200. The average Bonchev–Trinajstić information content (AvgIpc) is 2.88. The second-order valence-electron chi connectivity index (χ2n) is 7.52. The number of methoxy groups -OCH3 is 2. The molecule has 3 rings (SSSR count). The molecule has 0 bridgehead atoms. The number of sulfonamides is 1. The number of hydrogen-bond donors (Lipinski definition) is 1. The highest BCUT2D eigenvalue weighted by Crippen LogP contribution is 2.30. The van der Waals surface area contributed by atoms with Crippen molar-refractivity contribution in [2.24, 2.45) is 5.10 Å². The highest BCUT2D eigenvalue weighted by atomic mass is 35.5. The minimum atomic E-state index is -4.07. The molecule has 1 amide bonds. The summed E-state index contributed by atoms with van der Waals surface area (Å²) in [6.45, 7) is -0.398. The summed E-state index contributed by atoms with van der Waals surface area (Å²) >= 11 is 12.2. The molecule has 11 heteroatoms. The van der Waals surface area contributed by atoms with Crippen LogP contribution in [0.2, 0.25) is 10.0 Å². The van der Waals surface area contributed by atoms with Crippen LogP contribution >= 0.6 is 23.2 Å². The smallest absolute Gasteiger partial charge is 0.255 e. The fourth-order valence-corrected chi connectivity index (χ4v) is 5.22. The van der Waals surface area contributed by atoms with Crippen molar-refractivity contribution in [3.63, 3.8) is 0 Å². The molecule has 0 unspecified atom stereocenters. The van der Waals surface area contributed by atoms with E-state index < -0.39 is 22.5 Å². The Kier molecular flexibility index (Phi) is 9.72. The van der Waals surface area contributed by atoms with Crippen LogP contribution in [0.15, 0.2) is 76.7 Å². The normalized spacial score (nSPS) is 11.6. The molecule has 0 aliphatic carbocycles. The maximum absolute atomic E-state index is 13.5. The van der Waals surface area contributed by atoms with Crippen molar-refractivity contribution in [2.75, 3.05) is 27.3 Å². The number of benzene rings is 3. The second kappa shape index (κ2) is 12.7. The van der Waals surface area contributed by atoms with E-state index in [1.54, 1.807) is 18.2 Å². The van der Waals surface area contributed by atoms with Crippen molar-refractivity contribution in [1.82, 2.24) is 9.73 Å². The first-order valence-electron chi connectivity index (χ1n) is 10.8. The van der Waals surface area contributed by atoms with Crippen LogP contribution < -0.4 is 14.9 Å². The molecule has 3 aromatic rings. The lowest BCUT2D eigenvalue weighted by atomic mass is 10.1. The zero-order chi connectivity index (χ0) is 26.1. The van der Waals surface area contributed by atoms with Gasteiger partial charge in [-0.1, -0.05) is 59.6 Å². The van der Waals surface area contributed by atoms with Gasteiger partial charge in [0.2, 0.25) is 10.0 Å². The van der Waals surface area contributed by atoms with Gasteiger partial charge in [-0.25, -0.2) is 13.8 Å². The van der Waals surface area contributed by atoms with E-state index in [9.17, 15) is 13.2 Å². The minimum absolute atomic E-state index is 0.0348. The number of carbonyl (C=O) groups excluding carboxylic acids is 1. The van der Waals surface area contributed by atoms with Crippen molar-refractivity contribution < 1.29 is 22.7 Å². The number of nitrogens with one attached hydrogen (secondary N) is 1. The Morgan fingerprint density at radius 3 is 2.28 bits per heavy atom. The minimum Gasteiger partial charge on any atom is -0.493 e. The molecule has 0 atom stereocenters. The second-order valence-corrected chi connectivity index (χ2v) is 10.3. The van der Waals surface area contributed by atoms with Gasteiger partial charge < -0.3 is 9.47 Å². The highest BCUT2D eigenvalue weighted by molar-refractivity contribution is 7.89. The van der Waals surface area contributed by atoms with E-state index in [-0.39, 0.29) is 17.2 Å². The molecule has 0 saturated heterocycles. The topological polar surface area (TPSA) is 97.3 Å². The number of hydrazone groups is 1. The highest BCUT2D eigenvalue weighted by Gasteiger charge is 2.27. The molecular weight excluding hydrogens is 525 g/mol. The van der Waals surface area contributed by atoms with E-state index >= 15 is 0 Å². The molecule has 0 spiro atoms. The standard InChI is InChI=1S/C25H25Cl2N3O5S/c1-34-23-12-11-19(15-24(23)35-2)36(32,33)30(14-13-18-7-4-3-5-8-18)17-25(31)29-28-16-20-21(26)9-6-10-22(20)27/h3-12,15-16H,13-14,17H2,1-2H3,(H,29,31). The Morgan fingerprint density at radius 2 is 1.64 bits per heavy atom. The van der Waals surface area contributed by atoms with E-state index in [1.807, 2.05) is 30.3 Å². The number of hydrogen-bond acceptors (Lipinski definition) is 6. The summed E-state index contributed by atoms with van der Waals surface area (Å²) in [4.78, 5) is 12.6. The molecule has 0 aliphatic rings. The number of rotatable bonds is 11. The van der Waals surface area contributed by atoms with Crippen LogP contribution in [0.1, 0.15) is 11.1 Å². The first-order valence-corrected chi connectivity index (χ1v) is 13.0. The van der Waals surface area contributed by atoms with Gasteiger partial charge in [0.05, 0.1) is 41.9 Å². The maximum atomic E-state index is 13.5. The average molecular weight is 550 g/mol. The molecule has 1 N–H and O–H groups in total. The lowest BCUT2D eigenvalue weighted by Crippen LogP contribution is -2.40. The van der Waals surface area contributed by atoms with Crippen molar-refractivity contribution in [1.29, 1.82) is 0 Å². The van der Waals surface area contributed by atoms with Gasteiger partial charge in [-0.05, 0) is 36.2 Å². The van der Waals surface area contributed by atoms with Crippen LogP contribution in [0, 0.1) is 0 Å². The number of halogens is 2. The SMILES string of the molecule is COc1ccc(S(=O)(=O)N(CCc2ccccc2)CC(=O)NN=Cc2c(Cl)cccc2Cl)cc1OC. The van der Waals surface area contributed by atoms with Crippen LogP contribution in [-0.2, 0) is 21.2 Å². The van der Waals surface area contributed by atoms with E-state index in [0.717, 1.165) is 9.87 Å². The van der Waals surface area contributed by atoms with E-state index in [2.05, 4.69) is 10.5 Å². The number of nitrogens with zero attached hydrogens (tertiary/aromatic N) is 2. The molecule has 0 saturated carbocycles. The van der Waals surface area contributed by atoms with Crippen molar-refractivity contribution in [3.8, 4) is 11.5 Å². The molecule has 8 nitrogen and oxygen atoms in total. The molecule has 0 radical (unpaired) electrons. The van der Waals surface area contributed by atoms with Crippen molar-refractivity contribution in [2.45, 2.75) is 11.3 Å². The molecule has 0 fully saturated rings. The van der Waals surface area contributed by atoms with Crippen molar-refractivity contribution >= 4 is 45.3 Å². The van der Waals surface area contributed by atoms with Crippen molar-refractivity contribution in [3.05, 3.63) is 87.9 Å². The van der Waals surface area contributed by atoms with Gasteiger partial charge in [-0.15, -0.1) is 0 Å². The largest absolute Gasteiger partial charge is 0.493 e. The first kappa shape index (κ1) is 27.5. The first-order chi connectivity index (χ1) is 17.3. The fourth-order valence-electron chi connectivity index (χ4n) is 3.31. The van der Waals surface area contributed by atoms with E-state index in [0.29, 0.717) is 27.8 Å². The summed E-state index contributed by atoms with van der Waals surface area (Å²) in [6, 6.07) is 18.6. The summed E-state index contributed by atoms with van der Waals surface area (Å²) in [5.41, 5.74) is 3.70. The van der Waals surface area contributed by atoms with Gasteiger partial charge in [0.15, 0.2) is 11.5 Å². The van der Waals surface area contributed by atoms with Crippen LogP contribution in [0.3, 0.4) is 0 Å². The predicted octanol–water partition coefficient (Wildman–Crippen LogP) is 4.39. The summed E-state index contributed by atoms with van der Waals surface area (Å²) in [5, 5.41) is 4.61. The third-order valence-corrected chi connectivity index (χ3v) is 7.69. The quantitative estimate of drug-likeness (QED) is 0.282. The zero-order valence-electron chi connectivity index (χ0n) is 19.6. The van der Waals surface area contributed by atoms with Gasteiger partial charge in [-0.2, -0.15) is 9.41 Å². The third-order valence-electron chi connectivity index (χ3n) is 5.19. The zero-order valence-corrected chi connectivity index (χ0v) is 22.0. The molecule has 190 valence electrons.